The fourth-order valence-electron chi connectivity index (χ4n) is 4.09. The van der Waals surface area contributed by atoms with Gasteiger partial charge in [0.15, 0.2) is 5.82 Å². The van der Waals surface area contributed by atoms with Gasteiger partial charge in [0.05, 0.1) is 6.04 Å². The summed E-state index contributed by atoms with van der Waals surface area (Å²) < 4.78 is 5.50. The summed E-state index contributed by atoms with van der Waals surface area (Å²) in [6, 6.07) is 11.0. The molecule has 0 aliphatic heterocycles. The number of hydrogen-bond donors (Lipinski definition) is 1. The third kappa shape index (κ3) is 3.86. The number of rotatable bonds is 6. The summed E-state index contributed by atoms with van der Waals surface area (Å²) in [5.41, 5.74) is 1.21. The Morgan fingerprint density at radius 1 is 1.12 bits per heavy atom. The predicted molar refractivity (Wildman–Crippen MR) is 93.6 cm³/mol. The minimum Gasteiger partial charge on any atom is -0.338 e. The average molecular weight is 325 g/mol. The minimum absolute atomic E-state index is 0.130. The van der Waals surface area contributed by atoms with Crippen molar-refractivity contribution in [1.82, 2.24) is 15.5 Å². The first-order valence-corrected chi connectivity index (χ1v) is 9.40. The Kier molecular flexibility index (Phi) is 4.65. The molecule has 128 valence electrons. The van der Waals surface area contributed by atoms with Gasteiger partial charge < -0.3 is 9.84 Å². The molecule has 24 heavy (non-hydrogen) atoms. The maximum absolute atomic E-state index is 5.50. The normalized spacial score (nSPS) is 25.5. The van der Waals surface area contributed by atoms with Crippen LogP contribution in [0.25, 0.3) is 0 Å². The molecule has 1 aromatic carbocycles. The summed E-state index contributed by atoms with van der Waals surface area (Å²) in [6.45, 7) is 2.14. The Balaban J connectivity index is 1.33. The molecular formula is C20H27N3O. The number of benzene rings is 1. The van der Waals surface area contributed by atoms with E-state index in [0.29, 0.717) is 6.04 Å². The molecule has 1 N–H and O–H groups in total. The SMILES string of the molecule is CC(NC1CCCC(C2CC2)C1)c1nc(Cc2ccccc2)no1. The Morgan fingerprint density at radius 2 is 1.96 bits per heavy atom. The smallest absolute Gasteiger partial charge is 0.243 e. The molecule has 2 aromatic rings. The molecule has 0 amide bonds. The van der Waals surface area contributed by atoms with Crippen LogP contribution in [0.15, 0.2) is 34.9 Å². The number of aromatic nitrogens is 2. The van der Waals surface area contributed by atoms with Crippen LogP contribution in [0.5, 0.6) is 0 Å². The van der Waals surface area contributed by atoms with Gasteiger partial charge in [0.25, 0.3) is 0 Å². The molecule has 3 atom stereocenters. The predicted octanol–water partition coefficient (Wildman–Crippen LogP) is 4.28. The standard InChI is InChI=1S/C20H27N3O/c1-14(21-18-9-5-8-17(13-18)16-10-11-16)20-22-19(23-24-20)12-15-6-3-2-4-7-15/h2-4,6-7,14,16-18,21H,5,8-13H2,1H3. The van der Waals surface area contributed by atoms with Crippen molar-refractivity contribution in [2.45, 2.75) is 64.0 Å². The molecule has 2 aliphatic carbocycles. The van der Waals surface area contributed by atoms with E-state index in [1.165, 1.54) is 44.1 Å². The molecule has 0 bridgehead atoms. The second-order valence-electron chi connectivity index (χ2n) is 7.56. The lowest BCUT2D eigenvalue weighted by Gasteiger charge is -2.31. The zero-order valence-electron chi connectivity index (χ0n) is 14.4. The van der Waals surface area contributed by atoms with Crippen LogP contribution in [0, 0.1) is 11.8 Å². The van der Waals surface area contributed by atoms with Crippen molar-refractivity contribution < 1.29 is 4.52 Å². The van der Waals surface area contributed by atoms with Crippen molar-refractivity contribution in [3.05, 3.63) is 47.6 Å². The summed E-state index contributed by atoms with van der Waals surface area (Å²) in [7, 11) is 0. The van der Waals surface area contributed by atoms with Gasteiger partial charge in [-0.1, -0.05) is 48.3 Å². The second kappa shape index (κ2) is 7.06. The molecule has 0 saturated heterocycles. The molecule has 3 unspecified atom stereocenters. The van der Waals surface area contributed by atoms with Crippen molar-refractivity contribution in [3.8, 4) is 0 Å². The maximum Gasteiger partial charge on any atom is 0.243 e. The van der Waals surface area contributed by atoms with Crippen molar-refractivity contribution in [2.75, 3.05) is 0 Å². The first kappa shape index (κ1) is 15.8. The largest absolute Gasteiger partial charge is 0.338 e. The van der Waals surface area contributed by atoms with Crippen molar-refractivity contribution in [2.24, 2.45) is 11.8 Å². The Hall–Kier alpha value is -1.68. The fraction of sp³-hybridized carbons (Fsp3) is 0.600. The van der Waals surface area contributed by atoms with Crippen LogP contribution < -0.4 is 5.32 Å². The highest BCUT2D eigenvalue weighted by Gasteiger charge is 2.35. The van der Waals surface area contributed by atoms with Gasteiger partial charge in [-0.25, -0.2) is 0 Å². The van der Waals surface area contributed by atoms with Crippen LogP contribution in [-0.2, 0) is 6.42 Å². The van der Waals surface area contributed by atoms with E-state index < -0.39 is 0 Å². The molecule has 4 nitrogen and oxygen atoms in total. The molecule has 1 heterocycles. The van der Waals surface area contributed by atoms with Gasteiger partial charge >= 0.3 is 0 Å². The lowest BCUT2D eigenvalue weighted by atomic mass is 9.82. The van der Waals surface area contributed by atoms with Gasteiger partial charge in [0.2, 0.25) is 5.89 Å². The highest BCUT2D eigenvalue weighted by molar-refractivity contribution is 5.18. The molecule has 2 saturated carbocycles. The lowest BCUT2D eigenvalue weighted by molar-refractivity contribution is 0.235. The molecule has 1 aromatic heterocycles. The number of hydrogen-bond acceptors (Lipinski definition) is 4. The van der Waals surface area contributed by atoms with Crippen LogP contribution in [0.4, 0.5) is 0 Å². The summed E-state index contributed by atoms with van der Waals surface area (Å²) in [5.74, 6) is 3.45. The monoisotopic (exact) mass is 325 g/mol. The number of nitrogens with one attached hydrogen (secondary N) is 1. The molecule has 0 radical (unpaired) electrons. The van der Waals surface area contributed by atoms with Gasteiger partial charge in [-0.2, -0.15) is 4.98 Å². The van der Waals surface area contributed by atoms with E-state index in [0.717, 1.165) is 30.0 Å². The zero-order valence-corrected chi connectivity index (χ0v) is 14.4. The molecule has 2 fully saturated rings. The van der Waals surface area contributed by atoms with Crippen LogP contribution in [-0.4, -0.2) is 16.2 Å². The Labute approximate surface area is 144 Å². The van der Waals surface area contributed by atoms with Gasteiger partial charge in [0, 0.05) is 12.5 Å². The summed E-state index contributed by atoms with van der Waals surface area (Å²) in [6.07, 6.45) is 9.02. The summed E-state index contributed by atoms with van der Waals surface area (Å²) >= 11 is 0. The van der Waals surface area contributed by atoms with E-state index in [-0.39, 0.29) is 6.04 Å². The minimum atomic E-state index is 0.130. The molecule has 4 heteroatoms. The maximum atomic E-state index is 5.50. The Bertz CT molecular complexity index is 650. The molecular weight excluding hydrogens is 298 g/mol. The van der Waals surface area contributed by atoms with Crippen molar-refractivity contribution in [3.63, 3.8) is 0 Å². The highest BCUT2D eigenvalue weighted by Crippen LogP contribution is 2.44. The van der Waals surface area contributed by atoms with E-state index in [9.17, 15) is 0 Å². The Morgan fingerprint density at radius 3 is 2.75 bits per heavy atom. The van der Waals surface area contributed by atoms with Gasteiger partial charge in [0.1, 0.15) is 0 Å². The van der Waals surface area contributed by atoms with Crippen LogP contribution in [0.3, 0.4) is 0 Å². The first-order valence-electron chi connectivity index (χ1n) is 9.40. The first-order chi connectivity index (χ1) is 11.8. The average Bonchev–Trinajstić information content (AvgIpc) is 3.36. The van der Waals surface area contributed by atoms with E-state index in [1.807, 2.05) is 18.2 Å². The number of nitrogens with zero attached hydrogens (tertiary/aromatic N) is 2. The summed E-state index contributed by atoms with van der Waals surface area (Å²) in [4.78, 5) is 4.60. The van der Waals surface area contributed by atoms with E-state index in [2.05, 4.69) is 34.5 Å². The quantitative estimate of drug-likeness (QED) is 0.861. The third-order valence-corrected chi connectivity index (χ3v) is 5.55. The molecule has 4 rings (SSSR count). The van der Waals surface area contributed by atoms with Crippen LogP contribution in [0.2, 0.25) is 0 Å². The third-order valence-electron chi connectivity index (χ3n) is 5.55. The topological polar surface area (TPSA) is 51.0 Å². The molecule has 2 aliphatic rings. The van der Waals surface area contributed by atoms with Gasteiger partial charge in [-0.3, -0.25) is 0 Å². The van der Waals surface area contributed by atoms with Gasteiger partial charge in [-0.05, 0) is 50.0 Å². The highest BCUT2D eigenvalue weighted by atomic mass is 16.5. The lowest BCUT2D eigenvalue weighted by Crippen LogP contribution is -2.36. The van der Waals surface area contributed by atoms with E-state index >= 15 is 0 Å². The van der Waals surface area contributed by atoms with Crippen LogP contribution in [0.1, 0.15) is 68.8 Å². The van der Waals surface area contributed by atoms with Gasteiger partial charge in [-0.15, -0.1) is 0 Å². The van der Waals surface area contributed by atoms with E-state index in [1.54, 1.807) is 0 Å². The molecule has 0 spiro atoms. The van der Waals surface area contributed by atoms with Crippen LogP contribution >= 0.6 is 0 Å². The second-order valence-corrected chi connectivity index (χ2v) is 7.56. The summed E-state index contributed by atoms with van der Waals surface area (Å²) in [5, 5.41) is 7.88. The van der Waals surface area contributed by atoms with Crippen molar-refractivity contribution in [1.29, 1.82) is 0 Å². The fourth-order valence-corrected chi connectivity index (χ4v) is 4.09. The zero-order chi connectivity index (χ0) is 16.4. The van der Waals surface area contributed by atoms with E-state index in [4.69, 9.17) is 4.52 Å². The van der Waals surface area contributed by atoms with Crippen molar-refractivity contribution >= 4 is 0 Å².